The van der Waals surface area contributed by atoms with E-state index >= 15 is 0 Å². The van der Waals surface area contributed by atoms with Gasteiger partial charge in [-0.05, 0) is 11.6 Å². The average Bonchev–Trinajstić information content (AvgIpc) is 3.15. The summed E-state index contributed by atoms with van der Waals surface area (Å²) in [6, 6.07) is 14.6. The fourth-order valence-corrected chi connectivity index (χ4v) is 3.68. The number of hydrogen-bond acceptors (Lipinski definition) is 4. The first kappa shape index (κ1) is 19.8. The van der Waals surface area contributed by atoms with Crippen LogP contribution in [0.5, 0.6) is 0 Å². The number of carbonyl (C=O) groups is 2. The molecule has 0 amide bonds. The first-order chi connectivity index (χ1) is 13.4. The molecule has 0 spiro atoms. The van der Waals surface area contributed by atoms with Crippen LogP contribution in [0, 0.1) is 0 Å². The molecule has 4 nitrogen and oxygen atoms in total. The third kappa shape index (κ3) is 4.86. The first-order valence-corrected chi connectivity index (χ1v) is 9.44. The number of carboxylic acid groups (broad SMARTS) is 1. The second-order valence-electron chi connectivity index (χ2n) is 6.29. The van der Waals surface area contributed by atoms with E-state index in [0.29, 0.717) is 21.8 Å². The van der Waals surface area contributed by atoms with E-state index in [1.165, 1.54) is 23.5 Å². The Kier molecular flexibility index (Phi) is 6.26. The minimum Gasteiger partial charge on any atom is -0.481 e. The van der Waals surface area contributed by atoms with Gasteiger partial charge < -0.3 is 5.11 Å². The molecule has 1 N–H and O–H groups in total. The van der Waals surface area contributed by atoms with E-state index in [9.17, 15) is 23.5 Å². The van der Waals surface area contributed by atoms with E-state index in [1.807, 2.05) is 0 Å². The van der Waals surface area contributed by atoms with Crippen molar-refractivity contribution >= 4 is 23.1 Å². The molecule has 0 aliphatic rings. The topological polar surface area (TPSA) is 67.3 Å². The second-order valence-corrected chi connectivity index (χ2v) is 7.15. The van der Waals surface area contributed by atoms with Crippen LogP contribution in [0.4, 0.5) is 8.78 Å². The van der Waals surface area contributed by atoms with Gasteiger partial charge in [-0.2, -0.15) is 0 Å². The molecule has 7 heteroatoms. The van der Waals surface area contributed by atoms with Gasteiger partial charge >= 0.3 is 5.97 Å². The molecule has 144 valence electrons. The lowest BCUT2D eigenvalue weighted by Crippen LogP contribution is -2.17. The third-order valence-corrected chi connectivity index (χ3v) is 5.19. The lowest BCUT2D eigenvalue weighted by molar-refractivity contribution is -0.140. The summed E-state index contributed by atoms with van der Waals surface area (Å²) in [6.45, 7) is 0. The third-order valence-electron chi connectivity index (χ3n) is 4.25. The van der Waals surface area contributed by atoms with Crippen molar-refractivity contribution in [3.63, 3.8) is 0 Å². The van der Waals surface area contributed by atoms with Crippen LogP contribution in [-0.2, 0) is 16.0 Å². The summed E-state index contributed by atoms with van der Waals surface area (Å²) in [5, 5.41) is 11.7. The predicted molar refractivity (Wildman–Crippen MR) is 103 cm³/mol. The Labute approximate surface area is 164 Å². The minimum atomic E-state index is -2.56. The van der Waals surface area contributed by atoms with Crippen LogP contribution >= 0.6 is 11.3 Å². The van der Waals surface area contributed by atoms with Gasteiger partial charge in [0, 0.05) is 29.3 Å². The van der Waals surface area contributed by atoms with Crippen molar-refractivity contribution in [2.75, 3.05) is 0 Å². The van der Waals surface area contributed by atoms with Crippen LogP contribution in [0.3, 0.4) is 0 Å². The van der Waals surface area contributed by atoms with Crippen molar-refractivity contribution in [3.05, 3.63) is 76.8 Å². The van der Waals surface area contributed by atoms with E-state index in [4.69, 9.17) is 0 Å². The molecule has 1 atom stereocenters. The van der Waals surface area contributed by atoms with E-state index in [-0.39, 0.29) is 24.2 Å². The van der Waals surface area contributed by atoms with Crippen molar-refractivity contribution < 1.29 is 23.5 Å². The maximum absolute atomic E-state index is 12.9. The molecule has 1 heterocycles. The molecule has 0 unspecified atom stereocenters. The number of aliphatic carboxylic acids is 1. The lowest BCUT2D eigenvalue weighted by atomic mass is 9.93. The first-order valence-electron chi connectivity index (χ1n) is 8.56. The van der Waals surface area contributed by atoms with E-state index in [1.54, 1.807) is 47.8 Å². The van der Waals surface area contributed by atoms with Gasteiger partial charge in [-0.25, -0.2) is 13.8 Å². The highest BCUT2D eigenvalue weighted by molar-refractivity contribution is 7.13. The molecule has 3 aromatic rings. The number of Topliss-reactive ketones (excluding diaryl/α,β-unsaturated/α-hetero) is 1. The van der Waals surface area contributed by atoms with E-state index in [0.717, 1.165) is 0 Å². The quantitative estimate of drug-likeness (QED) is 0.569. The van der Waals surface area contributed by atoms with Gasteiger partial charge in [0.15, 0.2) is 0 Å². The molecule has 0 fully saturated rings. The monoisotopic (exact) mass is 401 g/mol. The lowest BCUT2D eigenvalue weighted by Gasteiger charge is -2.11. The van der Waals surface area contributed by atoms with Gasteiger partial charge in [0.1, 0.15) is 10.8 Å². The summed E-state index contributed by atoms with van der Waals surface area (Å²) >= 11 is 1.26. The molecule has 3 rings (SSSR count). The Balaban J connectivity index is 1.70. The molecular weight excluding hydrogens is 384 g/mol. The second kappa shape index (κ2) is 8.84. The number of ketones is 1. The zero-order chi connectivity index (χ0) is 20.1. The average molecular weight is 401 g/mol. The molecule has 0 radical (unpaired) electrons. The van der Waals surface area contributed by atoms with Gasteiger partial charge in [-0.1, -0.05) is 48.5 Å². The summed E-state index contributed by atoms with van der Waals surface area (Å²) in [4.78, 5) is 28.3. The summed E-state index contributed by atoms with van der Waals surface area (Å²) < 4.78 is 25.7. The largest absolute Gasteiger partial charge is 0.481 e. The molecule has 0 aliphatic carbocycles. The Morgan fingerprint density at radius 3 is 2.43 bits per heavy atom. The number of halogens is 2. The van der Waals surface area contributed by atoms with Gasteiger partial charge in [0.25, 0.3) is 6.43 Å². The van der Waals surface area contributed by atoms with Crippen LogP contribution in [-0.4, -0.2) is 21.8 Å². The normalized spacial score (nSPS) is 12.1. The number of aromatic nitrogens is 1. The van der Waals surface area contributed by atoms with Crippen molar-refractivity contribution in [1.29, 1.82) is 0 Å². The molecule has 0 aliphatic heterocycles. The number of hydrogen-bond donors (Lipinski definition) is 1. The summed E-state index contributed by atoms with van der Waals surface area (Å²) in [5.41, 5.74) is 1.56. The fourth-order valence-electron chi connectivity index (χ4n) is 2.86. The number of benzene rings is 2. The summed E-state index contributed by atoms with van der Waals surface area (Å²) in [7, 11) is 0. The zero-order valence-electron chi connectivity index (χ0n) is 14.7. The standard InChI is InChI=1S/C21H17F2NO3S/c22-19(23)14-7-4-8-15(9-14)20-24-16(12-28-20)10-17(25)11-18(21(26)27)13-5-2-1-3-6-13/h1-9,12,18-19H,10-11H2,(H,26,27)/t18-/m1/s1. The maximum atomic E-state index is 12.9. The number of thiazole rings is 1. The Morgan fingerprint density at radius 1 is 1.04 bits per heavy atom. The van der Waals surface area contributed by atoms with Crippen molar-refractivity contribution in [2.24, 2.45) is 0 Å². The maximum Gasteiger partial charge on any atom is 0.311 e. The number of carbonyl (C=O) groups excluding carboxylic acids is 1. The highest BCUT2D eigenvalue weighted by Crippen LogP contribution is 2.28. The number of nitrogens with zero attached hydrogens (tertiary/aromatic N) is 1. The smallest absolute Gasteiger partial charge is 0.311 e. The Hall–Kier alpha value is -2.93. The van der Waals surface area contributed by atoms with Crippen molar-refractivity contribution in [2.45, 2.75) is 25.2 Å². The van der Waals surface area contributed by atoms with Crippen LogP contribution < -0.4 is 0 Å². The molecule has 0 saturated carbocycles. The van der Waals surface area contributed by atoms with E-state index in [2.05, 4.69) is 4.98 Å². The van der Waals surface area contributed by atoms with Gasteiger partial charge in [0.2, 0.25) is 0 Å². The van der Waals surface area contributed by atoms with Crippen molar-refractivity contribution in [1.82, 2.24) is 4.98 Å². The SMILES string of the molecule is O=C(Cc1csc(-c2cccc(C(F)F)c2)n1)C[C@@H](C(=O)O)c1ccccc1. The minimum absolute atomic E-state index is 0.00164. The van der Waals surface area contributed by atoms with Crippen LogP contribution in [0.1, 0.15) is 35.6 Å². The fraction of sp³-hybridized carbons (Fsp3) is 0.190. The predicted octanol–water partition coefficient (Wildman–Crippen LogP) is 5.12. The van der Waals surface area contributed by atoms with Crippen LogP contribution in [0.15, 0.2) is 60.0 Å². The highest BCUT2D eigenvalue weighted by atomic mass is 32.1. The van der Waals surface area contributed by atoms with Crippen molar-refractivity contribution in [3.8, 4) is 10.6 Å². The molecular formula is C21H17F2NO3S. The van der Waals surface area contributed by atoms with Gasteiger partial charge in [-0.15, -0.1) is 11.3 Å². The molecule has 28 heavy (non-hydrogen) atoms. The zero-order valence-corrected chi connectivity index (χ0v) is 15.5. The van der Waals surface area contributed by atoms with Crippen LogP contribution in [0.25, 0.3) is 10.6 Å². The van der Waals surface area contributed by atoms with Crippen LogP contribution in [0.2, 0.25) is 0 Å². The summed E-state index contributed by atoms with van der Waals surface area (Å²) in [6.07, 6.45) is -2.69. The Morgan fingerprint density at radius 2 is 1.75 bits per heavy atom. The van der Waals surface area contributed by atoms with E-state index < -0.39 is 18.3 Å². The molecule has 0 saturated heterocycles. The molecule has 0 bridgehead atoms. The number of carboxylic acids is 1. The number of alkyl halides is 2. The number of rotatable bonds is 8. The Bertz CT molecular complexity index is 973. The molecule has 1 aromatic heterocycles. The molecule has 2 aromatic carbocycles. The van der Waals surface area contributed by atoms with Gasteiger partial charge in [0.05, 0.1) is 11.6 Å². The van der Waals surface area contributed by atoms with Gasteiger partial charge in [-0.3, -0.25) is 9.59 Å². The highest BCUT2D eigenvalue weighted by Gasteiger charge is 2.23. The summed E-state index contributed by atoms with van der Waals surface area (Å²) in [5.74, 6) is -2.20.